The van der Waals surface area contributed by atoms with Crippen molar-refractivity contribution in [3.63, 3.8) is 0 Å². The van der Waals surface area contributed by atoms with Crippen molar-refractivity contribution in [2.45, 2.75) is 210 Å². The van der Waals surface area contributed by atoms with Gasteiger partial charge in [-0.3, -0.25) is 0 Å². The third-order valence-electron chi connectivity index (χ3n) is 3.87. The maximum Gasteiger partial charge on any atom is 0.121 e. The van der Waals surface area contributed by atoms with Gasteiger partial charge in [-0.15, -0.1) is 58.8 Å². The van der Waals surface area contributed by atoms with E-state index in [1.165, 1.54) is 63.3 Å². The van der Waals surface area contributed by atoms with Gasteiger partial charge >= 0.3 is 0 Å². The third kappa shape index (κ3) is 77.6. The Morgan fingerprint density at radius 3 is 0.862 bits per heavy atom. The van der Waals surface area contributed by atoms with Gasteiger partial charge in [-0.1, -0.05) is 288 Å². The van der Waals surface area contributed by atoms with Crippen LogP contribution in [0.3, 0.4) is 0 Å². The molecule has 0 amide bonds. The van der Waals surface area contributed by atoms with Gasteiger partial charge in [-0.25, -0.2) is 0 Å². The fraction of sp³-hybridized carbons (Fsp3) is 0.647. The van der Waals surface area contributed by atoms with E-state index in [1.54, 1.807) is 0 Å². The van der Waals surface area contributed by atoms with E-state index in [1.807, 2.05) is 96.1 Å². The molecular formula is C51H105Cl4I3. The number of alkyl halides is 3. The number of rotatable bonds is 3. The van der Waals surface area contributed by atoms with Crippen molar-refractivity contribution < 1.29 is 0 Å². The Morgan fingerprint density at radius 1 is 0.414 bits per heavy atom. The van der Waals surface area contributed by atoms with Crippen LogP contribution >= 0.6 is 108 Å². The van der Waals surface area contributed by atoms with E-state index in [0.717, 1.165) is 16.7 Å². The van der Waals surface area contributed by atoms with Crippen LogP contribution in [0.15, 0.2) is 78.9 Å². The quantitative estimate of drug-likeness (QED) is 0.139. The standard InChI is InChI=1S/C20H16Cl2.7C3H8.3C2H6.2CH3Cl.2CH4.I2.HI/c1-15-11-13-17(14-12-15)20(22,16-7-3-2-4-8-16)18-9-5-6-10-19(18)21;7*1-3-2;5*1-2;;;1-2;/h2-14H,1H3;7*3H2,1-2H3;3*1-2H3;2*1H3;2*1H4;;1H. The molecule has 0 bridgehead atoms. The molecule has 0 aliphatic carbocycles. The second-order valence-corrected chi connectivity index (χ2v) is 11.3. The summed E-state index contributed by atoms with van der Waals surface area (Å²) in [6.45, 7) is 43.8. The number of hydrogen-bond acceptors (Lipinski definition) is 0. The minimum Gasteiger partial charge on any atom is -0.130 e. The molecule has 7 heteroatoms. The summed E-state index contributed by atoms with van der Waals surface area (Å²) >= 11 is 27.2. The average Bonchev–Trinajstić information content (AvgIpc) is 3.22. The number of benzene rings is 3. The van der Waals surface area contributed by atoms with E-state index in [2.05, 4.69) is 189 Å². The van der Waals surface area contributed by atoms with Gasteiger partial charge in [-0.2, -0.15) is 0 Å². The molecule has 358 valence electrons. The molecule has 3 rings (SSSR count). The highest BCUT2D eigenvalue weighted by atomic mass is 128. The van der Waals surface area contributed by atoms with Crippen LogP contribution in [0.4, 0.5) is 0 Å². The molecule has 0 saturated heterocycles. The molecule has 58 heavy (non-hydrogen) atoms. The van der Waals surface area contributed by atoms with Crippen LogP contribution in [0.25, 0.3) is 0 Å². The first-order chi connectivity index (χ1) is 26.5. The SMILES string of the molecule is C.C.CC.CC.CC.CCC.CCC.CCC.CCC.CCC.CCC.CCC.CCl.CCl.Cc1ccc(C(Cl)(c2ccccc2)c2ccccc2Cl)cc1.I.II. The molecule has 3 aromatic rings. The molecule has 0 radical (unpaired) electrons. The Hall–Kier alpha value is 1.01. The molecule has 0 spiro atoms. The van der Waals surface area contributed by atoms with Gasteiger partial charge in [0.1, 0.15) is 4.87 Å². The second-order valence-electron chi connectivity index (χ2n) is 10.3. The van der Waals surface area contributed by atoms with Gasteiger partial charge in [0.05, 0.1) is 0 Å². The van der Waals surface area contributed by atoms with Crippen LogP contribution in [-0.4, -0.2) is 12.8 Å². The topological polar surface area (TPSA) is 0 Å². The van der Waals surface area contributed by atoms with Crippen molar-refractivity contribution in [2.75, 3.05) is 12.8 Å². The summed E-state index contributed by atoms with van der Waals surface area (Å²) in [6.07, 6.45) is 11.7. The van der Waals surface area contributed by atoms with Gasteiger partial charge in [0, 0.05) is 60.6 Å². The second kappa shape index (κ2) is 107. The van der Waals surface area contributed by atoms with Crippen molar-refractivity contribution >= 4 is 108 Å². The first-order valence-electron chi connectivity index (χ1n) is 21.0. The lowest BCUT2D eigenvalue weighted by molar-refractivity contribution is 0.879. The molecule has 0 saturated carbocycles. The molecule has 0 fully saturated rings. The highest BCUT2D eigenvalue weighted by molar-refractivity contribution is 15.0. The summed E-state index contributed by atoms with van der Waals surface area (Å²) in [7, 11) is 0. The molecule has 1 atom stereocenters. The zero-order valence-corrected chi connectivity index (χ0v) is 50.8. The lowest BCUT2D eigenvalue weighted by Crippen LogP contribution is -2.22. The molecule has 0 heterocycles. The Kier molecular flexibility index (Phi) is 181. The highest BCUT2D eigenvalue weighted by Gasteiger charge is 2.35. The van der Waals surface area contributed by atoms with Crippen LogP contribution in [0.1, 0.15) is 221 Å². The van der Waals surface area contributed by atoms with E-state index in [9.17, 15) is 0 Å². The molecule has 3 aromatic carbocycles. The Bertz CT molecular complexity index is 878. The first kappa shape index (κ1) is 98.0. The molecule has 0 aromatic heterocycles. The Balaban J connectivity index is -0.0000000377. The largest absolute Gasteiger partial charge is 0.130 e. The summed E-state index contributed by atoms with van der Waals surface area (Å²) < 4.78 is 0. The van der Waals surface area contributed by atoms with Gasteiger partial charge in [0.15, 0.2) is 0 Å². The van der Waals surface area contributed by atoms with Crippen molar-refractivity contribution in [3.8, 4) is 0 Å². The smallest absolute Gasteiger partial charge is 0.121 e. The summed E-state index contributed by atoms with van der Waals surface area (Å²) in [5.74, 6) is 0. The lowest BCUT2D eigenvalue weighted by Gasteiger charge is -2.30. The summed E-state index contributed by atoms with van der Waals surface area (Å²) in [5, 5.41) is 0.668. The Morgan fingerprint density at radius 2 is 0.621 bits per heavy atom. The number of hydrogen-bond donors (Lipinski definition) is 0. The van der Waals surface area contributed by atoms with Crippen LogP contribution in [0.5, 0.6) is 0 Å². The normalized spacial score (nSPS) is 7.95. The van der Waals surface area contributed by atoms with Gasteiger partial charge in [-0.05, 0) is 24.1 Å². The first-order valence-corrected chi connectivity index (χ1v) is 29.5. The van der Waals surface area contributed by atoms with Crippen molar-refractivity contribution in [1.82, 2.24) is 0 Å². The molecule has 0 aliphatic heterocycles. The van der Waals surface area contributed by atoms with E-state index in [4.69, 9.17) is 23.2 Å². The van der Waals surface area contributed by atoms with Crippen LogP contribution in [-0.2, 0) is 4.87 Å². The van der Waals surface area contributed by atoms with Crippen LogP contribution in [0.2, 0.25) is 5.02 Å². The molecule has 0 aliphatic rings. The predicted molar refractivity (Wildman–Crippen MR) is 321 cm³/mol. The average molecular weight is 1240 g/mol. The lowest BCUT2D eigenvalue weighted by atomic mass is 9.84. The zero-order chi connectivity index (χ0) is 46.5. The van der Waals surface area contributed by atoms with E-state index in [-0.39, 0.29) is 38.8 Å². The van der Waals surface area contributed by atoms with Gasteiger partial charge < -0.3 is 0 Å². The maximum atomic E-state index is 7.19. The molecular weight excluding hydrogens is 1140 g/mol. The highest BCUT2D eigenvalue weighted by Crippen LogP contribution is 2.45. The van der Waals surface area contributed by atoms with Crippen LogP contribution < -0.4 is 0 Å². The van der Waals surface area contributed by atoms with E-state index < -0.39 is 4.87 Å². The fourth-order valence-corrected chi connectivity index (χ4v) is 3.41. The van der Waals surface area contributed by atoms with Crippen molar-refractivity contribution in [1.29, 1.82) is 0 Å². The Labute approximate surface area is 432 Å². The number of aryl methyl sites for hydroxylation is 1. The maximum absolute atomic E-state index is 7.19. The minimum atomic E-state index is -0.798. The monoisotopic (exact) mass is 1240 g/mol. The summed E-state index contributed by atoms with van der Waals surface area (Å²) in [4.78, 5) is -0.798. The summed E-state index contributed by atoms with van der Waals surface area (Å²) in [5.41, 5.74) is 4.12. The molecule has 0 nitrogen and oxygen atoms in total. The zero-order valence-electron chi connectivity index (χ0n) is 41.1. The molecule has 1 unspecified atom stereocenters. The van der Waals surface area contributed by atoms with E-state index >= 15 is 0 Å². The van der Waals surface area contributed by atoms with Gasteiger partial charge in [0.2, 0.25) is 0 Å². The van der Waals surface area contributed by atoms with Gasteiger partial charge in [0.25, 0.3) is 0 Å². The molecule has 0 N–H and O–H groups in total. The summed E-state index contributed by atoms with van der Waals surface area (Å²) in [6, 6.07) is 26.1. The van der Waals surface area contributed by atoms with E-state index in [0.29, 0.717) is 5.02 Å². The third-order valence-corrected chi connectivity index (χ3v) is 4.84. The number of halogens is 7. The minimum absolute atomic E-state index is 0. The van der Waals surface area contributed by atoms with Crippen molar-refractivity contribution in [3.05, 3.63) is 106 Å². The van der Waals surface area contributed by atoms with Crippen LogP contribution in [0, 0.1) is 6.92 Å². The fourth-order valence-electron chi connectivity index (χ4n) is 2.67. The predicted octanol–water partition coefficient (Wildman–Crippen LogP) is 24.5. The van der Waals surface area contributed by atoms with Crippen molar-refractivity contribution in [2.24, 2.45) is 0 Å².